The monoisotopic (exact) mass is 495 g/mol. The Morgan fingerprint density at radius 1 is 1.28 bits per heavy atom. The van der Waals surface area contributed by atoms with Crippen molar-refractivity contribution in [2.45, 2.75) is 57.0 Å². The number of aryl methyl sites for hydroxylation is 1. The van der Waals surface area contributed by atoms with Crippen LogP contribution in [0, 0.1) is 5.82 Å². The normalized spacial score (nSPS) is 20.7. The Bertz CT molecular complexity index is 1300. The molecule has 2 aliphatic heterocycles. The van der Waals surface area contributed by atoms with Crippen molar-refractivity contribution in [2.24, 2.45) is 0 Å². The SMILES string of the molecule is COC(=O)N1c2ccc3c(nc(C[C@@H](C(=O)O)c4cccc(F)c4)n3[C@H]3CCCOC3)c2CC[C@@H]1C. The number of benzene rings is 2. The first-order valence-corrected chi connectivity index (χ1v) is 12.3. The molecule has 5 rings (SSSR count). The highest BCUT2D eigenvalue weighted by Gasteiger charge is 2.33. The molecule has 36 heavy (non-hydrogen) atoms. The number of hydrogen-bond acceptors (Lipinski definition) is 5. The van der Waals surface area contributed by atoms with Gasteiger partial charge in [-0.05, 0) is 62.4 Å². The summed E-state index contributed by atoms with van der Waals surface area (Å²) >= 11 is 0. The zero-order valence-electron chi connectivity index (χ0n) is 20.4. The number of carbonyl (C=O) groups is 2. The van der Waals surface area contributed by atoms with Crippen molar-refractivity contribution in [3.63, 3.8) is 0 Å². The molecule has 0 radical (unpaired) electrons. The van der Waals surface area contributed by atoms with E-state index in [1.54, 1.807) is 11.0 Å². The summed E-state index contributed by atoms with van der Waals surface area (Å²) in [5.74, 6) is -1.84. The van der Waals surface area contributed by atoms with Crippen LogP contribution < -0.4 is 4.90 Å². The molecule has 190 valence electrons. The number of fused-ring (bicyclic) bond motifs is 3. The van der Waals surface area contributed by atoms with E-state index in [1.165, 1.54) is 25.3 Å². The van der Waals surface area contributed by atoms with Gasteiger partial charge < -0.3 is 19.1 Å². The molecule has 2 aliphatic rings. The molecule has 1 amide bonds. The zero-order chi connectivity index (χ0) is 25.4. The molecule has 1 saturated heterocycles. The molecule has 0 spiro atoms. The molecule has 9 heteroatoms. The molecular weight excluding hydrogens is 465 g/mol. The highest BCUT2D eigenvalue weighted by atomic mass is 19.1. The lowest BCUT2D eigenvalue weighted by Crippen LogP contribution is -2.42. The van der Waals surface area contributed by atoms with Gasteiger partial charge in [-0.15, -0.1) is 0 Å². The first-order valence-electron chi connectivity index (χ1n) is 12.3. The summed E-state index contributed by atoms with van der Waals surface area (Å²) in [6.45, 7) is 3.20. The van der Waals surface area contributed by atoms with Crippen LogP contribution in [0.5, 0.6) is 0 Å². The largest absolute Gasteiger partial charge is 0.481 e. The second kappa shape index (κ2) is 9.89. The average molecular weight is 496 g/mol. The molecule has 1 fully saturated rings. The lowest BCUT2D eigenvalue weighted by atomic mass is 9.95. The van der Waals surface area contributed by atoms with Crippen LogP contribution in [-0.2, 0) is 27.1 Å². The third kappa shape index (κ3) is 4.32. The summed E-state index contributed by atoms with van der Waals surface area (Å²) in [5.41, 5.74) is 3.77. The Kier molecular flexibility index (Phi) is 6.66. The molecule has 0 bridgehead atoms. The molecular formula is C27H30FN3O5. The van der Waals surface area contributed by atoms with Crippen LogP contribution in [0.2, 0.25) is 0 Å². The number of rotatable bonds is 5. The fourth-order valence-corrected chi connectivity index (χ4v) is 5.56. The quantitative estimate of drug-likeness (QED) is 0.544. The maximum atomic E-state index is 13.9. The number of methoxy groups -OCH3 is 1. The highest BCUT2D eigenvalue weighted by Crippen LogP contribution is 2.39. The Labute approximate surface area is 208 Å². The molecule has 0 aliphatic carbocycles. The number of ether oxygens (including phenoxy) is 2. The van der Waals surface area contributed by atoms with Gasteiger partial charge in [0.2, 0.25) is 0 Å². The molecule has 0 unspecified atom stereocenters. The van der Waals surface area contributed by atoms with Gasteiger partial charge in [0.1, 0.15) is 11.6 Å². The van der Waals surface area contributed by atoms with E-state index in [2.05, 4.69) is 4.57 Å². The van der Waals surface area contributed by atoms with E-state index >= 15 is 0 Å². The first kappa shape index (κ1) is 24.2. The van der Waals surface area contributed by atoms with E-state index in [4.69, 9.17) is 14.5 Å². The Hall–Kier alpha value is -3.46. The molecule has 3 aromatic rings. The maximum Gasteiger partial charge on any atom is 0.414 e. The van der Waals surface area contributed by atoms with Crippen LogP contribution in [0.3, 0.4) is 0 Å². The smallest absolute Gasteiger partial charge is 0.414 e. The van der Waals surface area contributed by atoms with Crippen LogP contribution in [-0.4, -0.2) is 53.1 Å². The summed E-state index contributed by atoms with van der Waals surface area (Å²) in [5, 5.41) is 10.1. The second-order valence-corrected chi connectivity index (χ2v) is 9.58. The van der Waals surface area contributed by atoms with Gasteiger partial charge in [-0.1, -0.05) is 12.1 Å². The number of nitrogens with zero attached hydrogens (tertiary/aromatic N) is 3. The zero-order valence-corrected chi connectivity index (χ0v) is 20.4. The van der Waals surface area contributed by atoms with Gasteiger partial charge in [0, 0.05) is 24.6 Å². The van der Waals surface area contributed by atoms with Gasteiger partial charge in [-0.25, -0.2) is 14.2 Å². The Morgan fingerprint density at radius 2 is 2.11 bits per heavy atom. The van der Waals surface area contributed by atoms with E-state index in [0.717, 1.165) is 48.0 Å². The van der Waals surface area contributed by atoms with Gasteiger partial charge in [0.15, 0.2) is 0 Å². The van der Waals surface area contributed by atoms with E-state index < -0.39 is 23.8 Å². The minimum absolute atomic E-state index is 0.0120. The molecule has 1 N–H and O–H groups in total. The van der Waals surface area contributed by atoms with Crippen molar-refractivity contribution in [1.29, 1.82) is 0 Å². The summed E-state index contributed by atoms with van der Waals surface area (Å²) in [6.07, 6.45) is 2.98. The van der Waals surface area contributed by atoms with Gasteiger partial charge in [0.05, 0.1) is 42.4 Å². The maximum absolute atomic E-state index is 13.9. The van der Waals surface area contributed by atoms with Crippen molar-refractivity contribution in [1.82, 2.24) is 9.55 Å². The Balaban J connectivity index is 1.65. The number of halogens is 1. The summed E-state index contributed by atoms with van der Waals surface area (Å²) in [7, 11) is 1.37. The molecule has 3 atom stereocenters. The average Bonchev–Trinajstić information content (AvgIpc) is 3.25. The van der Waals surface area contributed by atoms with Gasteiger partial charge in [-0.2, -0.15) is 0 Å². The molecule has 0 saturated carbocycles. The summed E-state index contributed by atoms with van der Waals surface area (Å²) < 4.78 is 26.9. The molecule has 8 nitrogen and oxygen atoms in total. The van der Waals surface area contributed by atoms with Crippen molar-refractivity contribution in [3.8, 4) is 0 Å². The predicted molar refractivity (Wildman–Crippen MR) is 132 cm³/mol. The molecule has 2 aromatic carbocycles. The number of aliphatic carboxylic acids is 1. The fraction of sp³-hybridized carbons (Fsp3) is 0.444. The lowest BCUT2D eigenvalue weighted by molar-refractivity contribution is -0.138. The number of carboxylic acid groups (broad SMARTS) is 1. The minimum Gasteiger partial charge on any atom is -0.481 e. The number of carbonyl (C=O) groups excluding carboxylic acids is 1. The predicted octanol–water partition coefficient (Wildman–Crippen LogP) is 4.85. The topological polar surface area (TPSA) is 93.9 Å². The van der Waals surface area contributed by atoms with Crippen LogP contribution in [0.15, 0.2) is 36.4 Å². The van der Waals surface area contributed by atoms with Crippen molar-refractivity contribution in [3.05, 3.63) is 59.2 Å². The summed E-state index contributed by atoms with van der Waals surface area (Å²) in [4.78, 5) is 31.5. The summed E-state index contributed by atoms with van der Waals surface area (Å²) in [6, 6.07) is 9.61. The number of aromatic nitrogens is 2. The second-order valence-electron chi connectivity index (χ2n) is 9.58. The number of hydrogen-bond donors (Lipinski definition) is 1. The number of carboxylic acids is 1. The van der Waals surface area contributed by atoms with Gasteiger partial charge >= 0.3 is 12.1 Å². The van der Waals surface area contributed by atoms with Crippen molar-refractivity contribution >= 4 is 28.8 Å². The van der Waals surface area contributed by atoms with E-state index in [0.29, 0.717) is 24.6 Å². The van der Waals surface area contributed by atoms with Crippen LogP contribution in [0.1, 0.15) is 55.1 Å². The fourth-order valence-electron chi connectivity index (χ4n) is 5.56. The van der Waals surface area contributed by atoms with Crippen LogP contribution in [0.25, 0.3) is 11.0 Å². The molecule has 1 aromatic heterocycles. The van der Waals surface area contributed by atoms with Crippen molar-refractivity contribution in [2.75, 3.05) is 25.2 Å². The van der Waals surface area contributed by atoms with E-state index in [1.807, 2.05) is 19.1 Å². The standard InChI is InChI=1S/C27H30FN3O5/c1-16-8-9-20-22(30(16)27(34)35-2)10-11-23-25(20)29-24(31(23)19-7-4-12-36-15-19)14-21(26(32)33)17-5-3-6-18(28)13-17/h3,5-6,10-11,13,16,19,21H,4,7-9,12,14-15H2,1-2H3,(H,32,33)/t16-,19-,21+/m0/s1. The third-order valence-electron chi connectivity index (χ3n) is 7.34. The van der Waals surface area contributed by atoms with Crippen LogP contribution in [0.4, 0.5) is 14.9 Å². The minimum atomic E-state index is -1.04. The third-order valence-corrected chi connectivity index (χ3v) is 7.34. The van der Waals surface area contributed by atoms with E-state index in [9.17, 15) is 19.1 Å². The lowest BCUT2D eigenvalue weighted by Gasteiger charge is -2.34. The number of imidazole rings is 1. The molecule has 3 heterocycles. The van der Waals surface area contributed by atoms with E-state index in [-0.39, 0.29) is 18.5 Å². The van der Waals surface area contributed by atoms with Gasteiger partial charge in [0.25, 0.3) is 0 Å². The highest BCUT2D eigenvalue weighted by molar-refractivity contribution is 5.95. The first-order chi connectivity index (χ1) is 17.4. The Morgan fingerprint density at radius 3 is 2.81 bits per heavy atom. The van der Waals surface area contributed by atoms with Crippen molar-refractivity contribution < 1.29 is 28.6 Å². The van der Waals surface area contributed by atoms with Gasteiger partial charge in [-0.3, -0.25) is 9.69 Å². The number of amides is 1. The van der Waals surface area contributed by atoms with Crippen LogP contribution >= 0.6 is 0 Å². The number of anilines is 1.